The molecule has 0 aliphatic rings. The zero-order chi connectivity index (χ0) is 11.0. The molecule has 0 aromatic carbocycles. The van der Waals surface area contributed by atoms with Crippen LogP contribution in [0.3, 0.4) is 0 Å². The Labute approximate surface area is 88.0 Å². The summed E-state index contributed by atoms with van der Waals surface area (Å²) < 4.78 is 5.48. The summed E-state index contributed by atoms with van der Waals surface area (Å²) in [5.41, 5.74) is 0.00660. The second kappa shape index (κ2) is 7.02. The molecule has 14 heavy (non-hydrogen) atoms. The van der Waals surface area contributed by atoms with E-state index in [4.69, 9.17) is 9.84 Å². The zero-order valence-electron chi connectivity index (χ0n) is 9.92. The predicted molar refractivity (Wildman–Crippen MR) is 60.3 cm³/mol. The second-order valence-electron chi connectivity index (χ2n) is 4.27. The fourth-order valence-electron chi connectivity index (χ4n) is 1.65. The molecule has 0 aromatic heterocycles. The van der Waals surface area contributed by atoms with E-state index in [2.05, 4.69) is 20.8 Å². The van der Waals surface area contributed by atoms with Gasteiger partial charge in [0, 0.05) is 12.5 Å². The van der Waals surface area contributed by atoms with Crippen molar-refractivity contribution in [2.75, 3.05) is 13.7 Å². The van der Waals surface area contributed by atoms with Gasteiger partial charge in [0.25, 0.3) is 0 Å². The molecule has 0 amide bonds. The Morgan fingerprint density at radius 3 is 2.50 bits per heavy atom. The summed E-state index contributed by atoms with van der Waals surface area (Å²) in [5.74, 6) is 0. The molecule has 2 nitrogen and oxygen atoms in total. The van der Waals surface area contributed by atoms with Crippen LogP contribution in [0.2, 0.25) is 0 Å². The molecule has 0 bridgehead atoms. The molecule has 0 saturated carbocycles. The minimum atomic E-state index is 0.00660. The van der Waals surface area contributed by atoms with E-state index in [0.717, 1.165) is 6.42 Å². The van der Waals surface area contributed by atoms with E-state index in [-0.39, 0.29) is 18.1 Å². The third-order valence-corrected chi connectivity index (χ3v) is 2.59. The molecule has 1 N–H and O–H groups in total. The van der Waals surface area contributed by atoms with Crippen LogP contribution in [-0.4, -0.2) is 24.9 Å². The maximum Gasteiger partial charge on any atom is 0.0656 e. The highest BCUT2D eigenvalue weighted by Crippen LogP contribution is 2.28. The number of hydrogen-bond acceptors (Lipinski definition) is 2. The van der Waals surface area contributed by atoms with Gasteiger partial charge in [0.15, 0.2) is 0 Å². The van der Waals surface area contributed by atoms with Crippen molar-refractivity contribution in [3.63, 3.8) is 0 Å². The Bertz CT molecular complexity index is 162. The van der Waals surface area contributed by atoms with Crippen LogP contribution in [0.1, 0.15) is 40.0 Å². The fourth-order valence-corrected chi connectivity index (χ4v) is 1.65. The molecule has 1 atom stereocenters. The van der Waals surface area contributed by atoms with Gasteiger partial charge in [-0.25, -0.2) is 0 Å². The molecule has 0 aliphatic heterocycles. The van der Waals surface area contributed by atoms with Gasteiger partial charge in [0.2, 0.25) is 0 Å². The molecular formula is C12H24O2. The highest BCUT2D eigenvalue weighted by molar-refractivity contribution is 4.99. The molecule has 0 radical (unpaired) electrons. The van der Waals surface area contributed by atoms with Crippen LogP contribution < -0.4 is 0 Å². The number of aliphatic hydroxyl groups excluding tert-OH is 1. The third-order valence-electron chi connectivity index (χ3n) is 2.59. The van der Waals surface area contributed by atoms with Gasteiger partial charge in [-0.15, -0.1) is 0 Å². The number of hydrogen-bond donors (Lipinski definition) is 1. The third kappa shape index (κ3) is 4.77. The molecule has 0 rings (SSSR count). The standard InChI is InChI=1S/C12H24O2/c1-5-6-8-11(14-4)12(2,3)9-7-10-13/h7,9,11,13H,5-6,8,10H2,1-4H3/b9-7+. The van der Waals surface area contributed by atoms with Crippen molar-refractivity contribution in [2.24, 2.45) is 5.41 Å². The number of unbranched alkanes of at least 4 members (excludes halogenated alkanes) is 1. The van der Waals surface area contributed by atoms with Crippen molar-refractivity contribution in [1.82, 2.24) is 0 Å². The summed E-state index contributed by atoms with van der Waals surface area (Å²) in [6.07, 6.45) is 7.53. The van der Waals surface area contributed by atoms with Crippen molar-refractivity contribution < 1.29 is 9.84 Å². The SMILES string of the molecule is CCCCC(OC)C(C)(C)/C=C/CO. The Kier molecular flexibility index (Phi) is 6.85. The first-order valence-electron chi connectivity index (χ1n) is 5.39. The minimum Gasteiger partial charge on any atom is -0.392 e. The first-order chi connectivity index (χ1) is 6.58. The summed E-state index contributed by atoms with van der Waals surface area (Å²) in [7, 11) is 1.76. The van der Waals surface area contributed by atoms with Gasteiger partial charge in [-0.1, -0.05) is 45.8 Å². The molecule has 0 spiro atoms. The highest BCUT2D eigenvalue weighted by atomic mass is 16.5. The van der Waals surface area contributed by atoms with Gasteiger partial charge in [-0.3, -0.25) is 0 Å². The lowest BCUT2D eigenvalue weighted by Crippen LogP contribution is -2.29. The molecule has 0 saturated heterocycles. The monoisotopic (exact) mass is 200 g/mol. The molecule has 0 fully saturated rings. The molecular weight excluding hydrogens is 176 g/mol. The summed E-state index contributed by atoms with van der Waals surface area (Å²) in [4.78, 5) is 0. The molecule has 84 valence electrons. The minimum absolute atomic E-state index is 0.00660. The van der Waals surface area contributed by atoms with Crippen LogP contribution in [-0.2, 0) is 4.74 Å². The summed E-state index contributed by atoms with van der Waals surface area (Å²) in [5, 5.41) is 8.73. The van der Waals surface area contributed by atoms with Crippen molar-refractivity contribution in [3.05, 3.63) is 12.2 Å². The van der Waals surface area contributed by atoms with E-state index >= 15 is 0 Å². The Morgan fingerprint density at radius 1 is 1.43 bits per heavy atom. The largest absolute Gasteiger partial charge is 0.392 e. The zero-order valence-corrected chi connectivity index (χ0v) is 9.92. The first-order valence-corrected chi connectivity index (χ1v) is 5.39. The fraction of sp³-hybridized carbons (Fsp3) is 0.833. The molecule has 2 heteroatoms. The Hall–Kier alpha value is -0.340. The van der Waals surface area contributed by atoms with Crippen LogP contribution in [0.5, 0.6) is 0 Å². The Balaban J connectivity index is 4.24. The van der Waals surface area contributed by atoms with Crippen LogP contribution in [0, 0.1) is 5.41 Å². The lowest BCUT2D eigenvalue weighted by molar-refractivity contribution is 0.0233. The van der Waals surface area contributed by atoms with Crippen LogP contribution in [0.15, 0.2) is 12.2 Å². The van der Waals surface area contributed by atoms with Gasteiger partial charge < -0.3 is 9.84 Å². The van der Waals surface area contributed by atoms with E-state index < -0.39 is 0 Å². The van der Waals surface area contributed by atoms with Crippen LogP contribution in [0.25, 0.3) is 0 Å². The maximum atomic E-state index is 8.73. The maximum absolute atomic E-state index is 8.73. The van der Waals surface area contributed by atoms with Gasteiger partial charge in [0.1, 0.15) is 0 Å². The van der Waals surface area contributed by atoms with E-state index in [9.17, 15) is 0 Å². The number of rotatable bonds is 7. The lowest BCUT2D eigenvalue weighted by Gasteiger charge is -2.30. The van der Waals surface area contributed by atoms with Gasteiger partial charge >= 0.3 is 0 Å². The predicted octanol–water partition coefficient (Wildman–Crippen LogP) is 2.77. The summed E-state index contributed by atoms with van der Waals surface area (Å²) in [6, 6.07) is 0. The first kappa shape index (κ1) is 13.7. The number of aliphatic hydroxyl groups is 1. The number of ether oxygens (including phenoxy) is 1. The van der Waals surface area contributed by atoms with Crippen molar-refractivity contribution in [3.8, 4) is 0 Å². The summed E-state index contributed by atoms with van der Waals surface area (Å²) in [6.45, 7) is 6.57. The summed E-state index contributed by atoms with van der Waals surface area (Å²) >= 11 is 0. The second-order valence-corrected chi connectivity index (χ2v) is 4.27. The average molecular weight is 200 g/mol. The quantitative estimate of drug-likeness (QED) is 0.640. The van der Waals surface area contributed by atoms with Gasteiger partial charge in [-0.2, -0.15) is 0 Å². The van der Waals surface area contributed by atoms with Gasteiger partial charge in [0.05, 0.1) is 12.7 Å². The topological polar surface area (TPSA) is 29.5 Å². The average Bonchev–Trinajstić information content (AvgIpc) is 2.16. The normalized spacial score (nSPS) is 14.9. The number of methoxy groups -OCH3 is 1. The van der Waals surface area contributed by atoms with Crippen molar-refractivity contribution in [2.45, 2.75) is 46.1 Å². The molecule has 0 aliphatic carbocycles. The van der Waals surface area contributed by atoms with E-state index in [1.54, 1.807) is 13.2 Å². The van der Waals surface area contributed by atoms with Gasteiger partial charge in [-0.05, 0) is 6.42 Å². The smallest absolute Gasteiger partial charge is 0.0656 e. The van der Waals surface area contributed by atoms with Crippen molar-refractivity contribution in [1.29, 1.82) is 0 Å². The van der Waals surface area contributed by atoms with Crippen LogP contribution >= 0.6 is 0 Å². The molecule has 0 aromatic rings. The molecule has 0 heterocycles. The van der Waals surface area contributed by atoms with E-state index in [1.165, 1.54) is 12.8 Å². The van der Waals surface area contributed by atoms with Crippen LogP contribution in [0.4, 0.5) is 0 Å². The van der Waals surface area contributed by atoms with E-state index in [1.807, 2.05) is 6.08 Å². The lowest BCUT2D eigenvalue weighted by atomic mass is 9.83. The van der Waals surface area contributed by atoms with E-state index in [0.29, 0.717) is 0 Å². The Morgan fingerprint density at radius 2 is 2.07 bits per heavy atom. The highest BCUT2D eigenvalue weighted by Gasteiger charge is 2.25. The van der Waals surface area contributed by atoms with Crippen molar-refractivity contribution >= 4 is 0 Å². The molecule has 1 unspecified atom stereocenters.